The Labute approximate surface area is 75.5 Å². The molecule has 1 heterocycles. The van der Waals surface area contributed by atoms with Crippen molar-refractivity contribution in [2.24, 2.45) is 0 Å². The van der Waals surface area contributed by atoms with Crippen molar-refractivity contribution in [3.8, 4) is 0 Å². The lowest BCUT2D eigenvalue weighted by Gasteiger charge is -2.17. The molecule has 0 atom stereocenters. The van der Waals surface area contributed by atoms with Crippen molar-refractivity contribution in [2.45, 2.75) is 4.90 Å². The highest BCUT2D eigenvalue weighted by Gasteiger charge is 2.22. The average molecular weight is 201 g/mol. The van der Waals surface area contributed by atoms with Crippen LogP contribution in [0.1, 0.15) is 0 Å². The molecule has 0 saturated heterocycles. The normalized spacial score (nSPS) is 18.8. The van der Waals surface area contributed by atoms with Crippen molar-refractivity contribution in [1.29, 1.82) is 0 Å². The van der Waals surface area contributed by atoms with E-state index in [1.807, 2.05) is 0 Å². The van der Waals surface area contributed by atoms with Gasteiger partial charge in [-0.15, -0.1) is 0 Å². The van der Waals surface area contributed by atoms with E-state index in [-0.39, 0.29) is 10.6 Å². The molecule has 1 aromatic rings. The number of nitrogens with one attached hydrogen (secondary N) is 1. The van der Waals surface area contributed by atoms with Crippen LogP contribution in [0.15, 0.2) is 23.1 Å². The van der Waals surface area contributed by atoms with Crippen LogP contribution in [0.2, 0.25) is 0 Å². The van der Waals surface area contributed by atoms with Crippen molar-refractivity contribution in [2.75, 3.05) is 17.6 Å². The first-order valence-corrected chi connectivity index (χ1v) is 5.51. The second-order valence-corrected chi connectivity index (χ2v) is 4.96. The predicted octanol–water partition coefficient (Wildman–Crippen LogP) is 1.02. The SMILES string of the molecule is O=S1(=O)CCNc2cc(F)ccc21. The fraction of sp³-hybridized carbons (Fsp3) is 0.250. The fourth-order valence-electron chi connectivity index (χ4n) is 1.34. The largest absolute Gasteiger partial charge is 0.383 e. The molecule has 0 amide bonds. The molecule has 0 fully saturated rings. The minimum Gasteiger partial charge on any atom is -0.383 e. The highest BCUT2D eigenvalue weighted by molar-refractivity contribution is 7.91. The first-order chi connectivity index (χ1) is 6.09. The van der Waals surface area contributed by atoms with E-state index in [1.54, 1.807) is 0 Å². The van der Waals surface area contributed by atoms with E-state index in [0.29, 0.717) is 12.2 Å². The molecule has 1 aliphatic heterocycles. The van der Waals surface area contributed by atoms with Crippen LogP contribution in [-0.2, 0) is 9.84 Å². The van der Waals surface area contributed by atoms with Gasteiger partial charge in [0, 0.05) is 6.54 Å². The molecule has 1 aromatic carbocycles. The van der Waals surface area contributed by atoms with E-state index in [2.05, 4.69) is 5.32 Å². The van der Waals surface area contributed by atoms with Gasteiger partial charge in [0.1, 0.15) is 5.82 Å². The zero-order valence-electron chi connectivity index (χ0n) is 6.75. The minimum atomic E-state index is -3.19. The number of hydrogen-bond acceptors (Lipinski definition) is 3. The molecular formula is C8H8FNO2S. The smallest absolute Gasteiger partial charge is 0.182 e. The monoisotopic (exact) mass is 201 g/mol. The molecule has 0 aliphatic carbocycles. The Morgan fingerprint density at radius 2 is 2.15 bits per heavy atom. The molecule has 1 N–H and O–H groups in total. The van der Waals surface area contributed by atoms with Gasteiger partial charge in [0.25, 0.3) is 0 Å². The van der Waals surface area contributed by atoms with Crippen LogP contribution >= 0.6 is 0 Å². The summed E-state index contributed by atoms with van der Waals surface area (Å²) < 4.78 is 35.6. The van der Waals surface area contributed by atoms with Gasteiger partial charge in [-0.05, 0) is 18.2 Å². The summed E-state index contributed by atoms with van der Waals surface area (Å²) in [7, 11) is -3.19. The predicted molar refractivity (Wildman–Crippen MR) is 46.9 cm³/mol. The first kappa shape index (κ1) is 8.50. The molecule has 0 radical (unpaired) electrons. The first-order valence-electron chi connectivity index (χ1n) is 3.86. The zero-order chi connectivity index (χ0) is 9.47. The Balaban J connectivity index is 2.66. The maximum absolute atomic E-state index is 12.7. The van der Waals surface area contributed by atoms with Gasteiger partial charge in [0.2, 0.25) is 0 Å². The highest BCUT2D eigenvalue weighted by Crippen LogP contribution is 2.26. The molecule has 5 heteroatoms. The van der Waals surface area contributed by atoms with Gasteiger partial charge in [-0.2, -0.15) is 0 Å². The van der Waals surface area contributed by atoms with Gasteiger partial charge in [-0.1, -0.05) is 0 Å². The third-order valence-electron chi connectivity index (χ3n) is 1.96. The Bertz CT molecular complexity index is 441. The summed E-state index contributed by atoms with van der Waals surface area (Å²) in [5, 5.41) is 2.84. The fourth-order valence-corrected chi connectivity index (χ4v) is 2.67. The summed E-state index contributed by atoms with van der Waals surface area (Å²) in [6.07, 6.45) is 0. The van der Waals surface area contributed by atoms with Crippen LogP contribution in [0.25, 0.3) is 0 Å². The molecule has 13 heavy (non-hydrogen) atoms. The number of halogens is 1. The summed E-state index contributed by atoms with van der Waals surface area (Å²) in [4.78, 5) is 0.195. The van der Waals surface area contributed by atoms with Crippen LogP contribution in [0.5, 0.6) is 0 Å². The number of benzene rings is 1. The number of anilines is 1. The summed E-state index contributed by atoms with van der Waals surface area (Å²) >= 11 is 0. The zero-order valence-corrected chi connectivity index (χ0v) is 7.57. The van der Waals surface area contributed by atoms with Crippen LogP contribution < -0.4 is 5.32 Å². The van der Waals surface area contributed by atoms with Crippen molar-refractivity contribution in [1.82, 2.24) is 0 Å². The minimum absolute atomic E-state index is 0.0750. The molecule has 0 spiro atoms. The standard InChI is InChI=1S/C8H8FNO2S/c9-6-1-2-8-7(5-6)10-3-4-13(8,11)12/h1-2,5,10H,3-4H2. The molecule has 3 nitrogen and oxygen atoms in total. The second kappa shape index (κ2) is 2.70. The summed E-state index contributed by atoms with van der Waals surface area (Å²) in [5.74, 6) is -0.352. The summed E-state index contributed by atoms with van der Waals surface area (Å²) in [6, 6.07) is 3.65. The molecule has 0 unspecified atom stereocenters. The Morgan fingerprint density at radius 3 is 2.92 bits per heavy atom. The van der Waals surface area contributed by atoms with Crippen molar-refractivity contribution in [3.63, 3.8) is 0 Å². The average Bonchev–Trinajstić information content (AvgIpc) is 2.02. The van der Waals surface area contributed by atoms with Gasteiger partial charge in [0.15, 0.2) is 9.84 Å². The topological polar surface area (TPSA) is 46.2 Å². The van der Waals surface area contributed by atoms with Crippen LogP contribution in [0.3, 0.4) is 0 Å². The number of sulfone groups is 1. The van der Waals surface area contributed by atoms with Crippen LogP contribution in [-0.4, -0.2) is 20.7 Å². The van der Waals surface area contributed by atoms with Crippen molar-refractivity contribution in [3.05, 3.63) is 24.0 Å². The maximum Gasteiger partial charge on any atom is 0.182 e. The van der Waals surface area contributed by atoms with Gasteiger partial charge >= 0.3 is 0 Å². The molecule has 1 aliphatic rings. The summed E-state index contributed by atoms with van der Waals surface area (Å²) in [6.45, 7) is 0.346. The molecule has 70 valence electrons. The lowest BCUT2D eigenvalue weighted by molar-refractivity contribution is 0.593. The molecule has 0 bridgehead atoms. The van der Waals surface area contributed by atoms with E-state index in [0.717, 1.165) is 6.07 Å². The lowest BCUT2D eigenvalue weighted by atomic mass is 10.3. The Morgan fingerprint density at radius 1 is 1.38 bits per heavy atom. The van der Waals surface area contributed by atoms with Crippen LogP contribution in [0, 0.1) is 5.82 Å². The Hall–Kier alpha value is -1.10. The third-order valence-corrected chi connectivity index (χ3v) is 3.73. The van der Waals surface area contributed by atoms with E-state index < -0.39 is 15.7 Å². The van der Waals surface area contributed by atoms with E-state index in [9.17, 15) is 12.8 Å². The Kier molecular flexibility index (Phi) is 1.76. The van der Waals surface area contributed by atoms with E-state index in [1.165, 1.54) is 12.1 Å². The third kappa shape index (κ3) is 1.39. The van der Waals surface area contributed by atoms with Crippen LogP contribution in [0.4, 0.5) is 10.1 Å². The molecule has 0 saturated carbocycles. The van der Waals surface area contributed by atoms with Gasteiger partial charge < -0.3 is 5.32 Å². The number of fused-ring (bicyclic) bond motifs is 1. The van der Waals surface area contributed by atoms with Crippen molar-refractivity contribution < 1.29 is 12.8 Å². The summed E-state index contributed by atoms with van der Waals surface area (Å²) in [5.41, 5.74) is 0.367. The van der Waals surface area contributed by atoms with Gasteiger partial charge in [-0.25, -0.2) is 12.8 Å². The van der Waals surface area contributed by atoms with Gasteiger partial charge in [-0.3, -0.25) is 0 Å². The highest BCUT2D eigenvalue weighted by atomic mass is 32.2. The maximum atomic E-state index is 12.7. The molecule has 0 aromatic heterocycles. The van der Waals surface area contributed by atoms with Crippen molar-refractivity contribution >= 4 is 15.5 Å². The van der Waals surface area contributed by atoms with E-state index >= 15 is 0 Å². The van der Waals surface area contributed by atoms with Gasteiger partial charge in [0.05, 0.1) is 16.3 Å². The molecular weight excluding hydrogens is 193 g/mol. The molecule has 2 rings (SSSR count). The second-order valence-electron chi connectivity index (χ2n) is 2.89. The number of rotatable bonds is 0. The van der Waals surface area contributed by atoms with E-state index in [4.69, 9.17) is 0 Å². The quantitative estimate of drug-likeness (QED) is 0.637. The number of hydrogen-bond donors (Lipinski definition) is 1. The lowest BCUT2D eigenvalue weighted by Crippen LogP contribution is -2.23.